The molecule has 0 aromatic heterocycles. The van der Waals surface area contributed by atoms with Gasteiger partial charge >= 0.3 is 6.09 Å². The molecule has 27 heavy (non-hydrogen) atoms. The van der Waals surface area contributed by atoms with E-state index < -0.39 is 0 Å². The summed E-state index contributed by atoms with van der Waals surface area (Å²) in [6, 6.07) is 2.13. The Morgan fingerprint density at radius 1 is 1.33 bits per heavy atom. The molecule has 7 heteroatoms. The molecule has 144 valence electrons. The summed E-state index contributed by atoms with van der Waals surface area (Å²) in [6.07, 6.45) is 8.08. The molecule has 4 rings (SSSR count). The Morgan fingerprint density at radius 3 is 2.81 bits per heavy atom. The molecule has 4 atom stereocenters. The average Bonchev–Trinajstić information content (AvgIpc) is 3.02. The standard InChI is InChI=1S/C20H26N4O3/c1-20(5-2-6-20)24-19(26)27-15-4-3-12(7-15)14-9-17(22-11-14)23-18(25)16-8-13(16)10-21/h9,12-13,15-16H,2-8,11H2,1H3,(H,24,26)(H,22,23,25)/t12-,13+,15+,16-/m0/s1. The third kappa shape index (κ3) is 4.00. The summed E-state index contributed by atoms with van der Waals surface area (Å²) in [5.41, 5.74) is 1.10. The number of alkyl carbamates (subject to hydrolysis) is 1. The lowest BCUT2D eigenvalue weighted by Gasteiger charge is -2.38. The van der Waals surface area contributed by atoms with Crippen LogP contribution in [0.4, 0.5) is 4.79 Å². The van der Waals surface area contributed by atoms with Gasteiger partial charge in [0.25, 0.3) is 0 Å². The number of hydrogen-bond donors (Lipinski definition) is 2. The van der Waals surface area contributed by atoms with Crippen molar-refractivity contribution in [1.29, 1.82) is 5.26 Å². The van der Waals surface area contributed by atoms with Gasteiger partial charge in [0.15, 0.2) is 0 Å². The van der Waals surface area contributed by atoms with Gasteiger partial charge in [0.2, 0.25) is 5.91 Å². The lowest BCUT2D eigenvalue weighted by atomic mass is 9.79. The molecule has 4 aliphatic rings. The fourth-order valence-corrected chi connectivity index (χ4v) is 4.26. The Balaban J connectivity index is 1.23. The summed E-state index contributed by atoms with van der Waals surface area (Å²) in [5, 5.41) is 14.6. The number of nitrogens with zero attached hydrogens (tertiary/aromatic N) is 2. The lowest BCUT2D eigenvalue weighted by molar-refractivity contribution is -0.121. The average molecular weight is 370 g/mol. The highest BCUT2D eigenvalue weighted by Crippen LogP contribution is 2.38. The summed E-state index contributed by atoms with van der Waals surface area (Å²) in [6.45, 7) is 2.65. The lowest BCUT2D eigenvalue weighted by Crippen LogP contribution is -2.51. The Bertz CT molecular complexity index is 747. The molecule has 0 radical (unpaired) electrons. The molecule has 7 nitrogen and oxygen atoms in total. The van der Waals surface area contributed by atoms with Crippen LogP contribution < -0.4 is 10.6 Å². The highest BCUT2D eigenvalue weighted by Gasteiger charge is 2.43. The van der Waals surface area contributed by atoms with Crippen molar-refractivity contribution in [3.63, 3.8) is 0 Å². The normalized spacial score (nSPS) is 33.2. The Hall–Kier alpha value is -2.36. The van der Waals surface area contributed by atoms with Gasteiger partial charge in [-0.1, -0.05) is 0 Å². The van der Waals surface area contributed by atoms with Gasteiger partial charge in [0.1, 0.15) is 11.9 Å². The second-order valence-corrected chi connectivity index (χ2v) is 8.56. The molecule has 2 N–H and O–H groups in total. The van der Waals surface area contributed by atoms with E-state index in [1.807, 2.05) is 6.08 Å². The predicted molar refractivity (Wildman–Crippen MR) is 98.7 cm³/mol. The first-order chi connectivity index (χ1) is 13.0. The second kappa shape index (κ2) is 6.99. The molecular formula is C20H26N4O3. The maximum absolute atomic E-state index is 12.1. The molecule has 0 unspecified atom stereocenters. The van der Waals surface area contributed by atoms with E-state index in [1.54, 1.807) is 0 Å². The first-order valence-corrected chi connectivity index (χ1v) is 9.90. The minimum absolute atomic E-state index is 0.0546. The van der Waals surface area contributed by atoms with E-state index in [-0.39, 0.29) is 35.5 Å². The Labute approximate surface area is 159 Å². The zero-order valence-corrected chi connectivity index (χ0v) is 15.7. The molecule has 0 aromatic rings. The van der Waals surface area contributed by atoms with Crippen molar-refractivity contribution in [3.8, 4) is 6.07 Å². The number of amides is 2. The van der Waals surface area contributed by atoms with Gasteiger partial charge < -0.3 is 15.4 Å². The van der Waals surface area contributed by atoms with Gasteiger partial charge in [-0.15, -0.1) is 0 Å². The number of carbonyl (C=O) groups excluding carboxylic acids is 2. The van der Waals surface area contributed by atoms with Crippen LogP contribution in [0.1, 0.15) is 51.9 Å². The molecule has 3 fully saturated rings. The quantitative estimate of drug-likeness (QED) is 0.793. The third-order valence-electron chi connectivity index (χ3n) is 6.34. The summed E-state index contributed by atoms with van der Waals surface area (Å²) in [7, 11) is 0. The van der Waals surface area contributed by atoms with Crippen LogP contribution in [0.25, 0.3) is 0 Å². The Kier molecular flexibility index (Phi) is 4.67. The van der Waals surface area contributed by atoms with Crippen LogP contribution >= 0.6 is 0 Å². The monoisotopic (exact) mass is 370 g/mol. The highest BCUT2D eigenvalue weighted by atomic mass is 16.6. The van der Waals surface area contributed by atoms with E-state index in [0.29, 0.717) is 24.7 Å². The minimum Gasteiger partial charge on any atom is -0.446 e. The number of rotatable bonds is 4. The van der Waals surface area contributed by atoms with E-state index >= 15 is 0 Å². The largest absolute Gasteiger partial charge is 0.446 e. The summed E-state index contributed by atoms with van der Waals surface area (Å²) in [4.78, 5) is 28.5. The van der Waals surface area contributed by atoms with Gasteiger partial charge in [-0.2, -0.15) is 5.26 Å². The van der Waals surface area contributed by atoms with Crippen LogP contribution in [0.2, 0.25) is 0 Å². The zero-order chi connectivity index (χ0) is 19.0. The fourth-order valence-electron chi connectivity index (χ4n) is 4.26. The van der Waals surface area contributed by atoms with Gasteiger partial charge in [0, 0.05) is 5.54 Å². The zero-order valence-electron chi connectivity index (χ0n) is 15.7. The molecule has 1 aliphatic heterocycles. The smallest absolute Gasteiger partial charge is 0.407 e. The predicted octanol–water partition coefficient (Wildman–Crippen LogP) is 2.44. The van der Waals surface area contributed by atoms with Crippen LogP contribution in [0, 0.1) is 29.1 Å². The number of ether oxygens (including phenoxy) is 1. The van der Waals surface area contributed by atoms with Crippen LogP contribution in [-0.4, -0.2) is 36.0 Å². The van der Waals surface area contributed by atoms with Gasteiger partial charge in [0.05, 0.1) is 24.4 Å². The van der Waals surface area contributed by atoms with Crippen molar-refractivity contribution in [1.82, 2.24) is 10.6 Å². The number of nitrogens with one attached hydrogen (secondary N) is 2. The molecule has 2 amide bonds. The first kappa shape index (κ1) is 18.0. The summed E-state index contributed by atoms with van der Waals surface area (Å²) in [5.74, 6) is 0.505. The van der Waals surface area contributed by atoms with Crippen molar-refractivity contribution in [2.45, 2.75) is 63.5 Å². The number of carbonyl (C=O) groups is 2. The van der Waals surface area contributed by atoms with Crippen LogP contribution in [0.15, 0.2) is 16.6 Å². The van der Waals surface area contributed by atoms with Crippen molar-refractivity contribution in [3.05, 3.63) is 11.6 Å². The van der Waals surface area contributed by atoms with E-state index in [0.717, 1.165) is 38.5 Å². The van der Waals surface area contributed by atoms with Crippen LogP contribution in [0.5, 0.6) is 0 Å². The van der Waals surface area contributed by atoms with E-state index in [1.165, 1.54) is 5.57 Å². The summed E-state index contributed by atoms with van der Waals surface area (Å²) < 4.78 is 5.61. The van der Waals surface area contributed by atoms with E-state index in [4.69, 9.17) is 10.00 Å². The second-order valence-electron chi connectivity index (χ2n) is 8.56. The number of aliphatic imine (C=N–C) groups is 1. The minimum atomic E-state index is -0.302. The van der Waals surface area contributed by atoms with Crippen molar-refractivity contribution >= 4 is 17.8 Å². The molecule has 0 bridgehead atoms. The topological polar surface area (TPSA) is 104 Å². The maximum Gasteiger partial charge on any atom is 0.407 e. The van der Waals surface area contributed by atoms with Crippen molar-refractivity contribution in [2.24, 2.45) is 22.7 Å². The molecule has 0 spiro atoms. The summed E-state index contributed by atoms with van der Waals surface area (Å²) >= 11 is 0. The van der Waals surface area contributed by atoms with Crippen LogP contribution in [0.3, 0.4) is 0 Å². The molecular weight excluding hydrogens is 344 g/mol. The molecule has 1 heterocycles. The van der Waals surface area contributed by atoms with Crippen LogP contribution in [-0.2, 0) is 9.53 Å². The Morgan fingerprint density at radius 2 is 2.15 bits per heavy atom. The van der Waals surface area contributed by atoms with E-state index in [2.05, 4.69) is 28.6 Å². The molecule has 0 aromatic carbocycles. The third-order valence-corrected chi connectivity index (χ3v) is 6.34. The molecule has 3 aliphatic carbocycles. The highest BCUT2D eigenvalue weighted by molar-refractivity contribution is 6.07. The first-order valence-electron chi connectivity index (χ1n) is 9.90. The number of hydrogen-bond acceptors (Lipinski definition) is 5. The maximum atomic E-state index is 12.1. The van der Waals surface area contributed by atoms with Gasteiger partial charge in [-0.05, 0) is 69.4 Å². The fraction of sp³-hybridized carbons (Fsp3) is 0.700. The van der Waals surface area contributed by atoms with Gasteiger partial charge in [-0.25, -0.2) is 4.79 Å². The van der Waals surface area contributed by atoms with Gasteiger partial charge in [-0.3, -0.25) is 9.79 Å². The number of amidine groups is 1. The van der Waals surface area contributed by atoms with Crippen molar-refractivity contribution in [2.75, 3.05) is 6.54 Å². The SMILES string of the molecule is CC1(NC(=O)O[C@@H]2CC[C@H](C3=CC(NC(=O)[C@H]4C[C@@H]4C#N)=NC3)C2)CCC1. The molecule has 3 saturated carbocycles. The number of nitriles is 1. The molecule has 0 saturated heterocycles. The van der Waals surface area contributed by atoms with E-state index in [9.17, 15) is 9.59 Å². The van der Waals surface area contributed by atoms with Crippen molar-refractivity contribution < 1.29 is 14.3 Å².